The number of sulfonamides is 1. The Morgan fingerprint density at radius 1 is 0.867 bits per heavy atom. The summed E-state index contributed by atoms with van der Waals surface area (Å²) in [6.45, 7) is 5.89. The molecule has 8 heteroatoms. The minimum atomic E-state index is -3.87. The normalized spacial score (nSPS) is 13.8. The van der Waals surface area contributed by atoms with Crippen LogP contribution in [0.5, 0.6) is 0 Å². The van der Waals surface area contributed by atoms with E-state index in [-0.39, 0.29) is 21.1 Å². The summed E-state index contributed by atoms with van der Waals surface area (Å²) < 4.78 is 54.7. The van der Waals surface area contributed by atoms with Crippen molar-refractivity contribution in [2.75, 3.05) is 6.54 Å². The van der Waals surface area contributed by atoms with Gasteiger partial charge in [-0.3, -0.25) is 0 Å². The zero-order chi connectivity index (χ0) is 22.0. The number of nitrogens with one attached hydrogen (secondary N) is 1. The lowest BCUT2D eigenvalue weighted by molar-refractivity contribution is 0.568. The smallest absolute Gasteiger partial charge is 0.222 e. The summed E-state index contributed by atoms with van der Waals surface area (Å²) in [5, 5.41) is 0.663. The second kappa shape index (κ2) is 8.63. The highest BCUT2D eigenvalue weighted by Crippen LogP contribution is 2.31. The summed E-state index contributed by atoms with van der Waals surface area (Å²) in [4.78, 5) is 0.107. The molecule has 1 N–H and O–H groups in total. The van der Waals surface area contributed by atoms with Crippen LogP contribution in [0.1, 0.15) is 37.1 Å². The molecule has 0 bridgehead atoms. The highest BCUT2D eigenvalue weighted by atomic mass is 32.2. The second-order valence-electron chi connectivity index (χ2n) is 8.00. The Morgan fingerprint density at radius 2 is 1.50 bits per heavy atom. The van der Waals surface area contributed by atoms with Crippen molar-refractivity contribution in [1.82, 2.24) is 4.72 Å². The lowest BCUT2D eigenvalue weighted by Crippen LogP contribution is -2.32. The van der Waals surface area contributed by atoms with Gasteiger partial charge in [-0.2, -0.15) is 0 Å². The average molecular weight is 464 g/mol. The van der Waals surface area contributed by atoms with Crippen LogP contribution >= 0.6 is 11.3 Å². The topological polar surface area (TPSA) is 80.3 Å². The summed E-state index contributed by atoms with van der Waals surface area (Å²) in [7, 11) is -7.62. The number of hydrogen-bond donors (Lipinski definition) is 1. The van der Waals surface area contributed by atoms with Crippen molar-refractivity contribution in [3.05, 3.63) is 83.2 Å². The Balaban J connectivity index is 1.89. The quantitative estimate of drug-likeness (QED) is 0.558. The van der Waals surface area contributed by atoms with E-state index in [1.165, 1.54) is 6.07 Å². The summed E-state index contributed by atoms with van der Waals surface area (Å²) in [6, 6.07) is 18.5. The number of sulfone groups is 1. The molecule has 0 spiro atoms. The van der Waals surface area contributed by atoms with E-state index in [1.807, 2.05) is 0 Å². The highest BCUT2D eigenvalue weighted by molar-refractivity contribution is 7.93. The summed E-state index contributed by atoms with van der Waals surface area (Å²) in [5.74, 6) is 0. The van der Waals surface area contributed by atoms with Gasteiger partial charge in [0.1, 0.15) is 9.46 Å². The maximum absolute atomic E-state index is 13.2. The van der Waals surface area contributed by atoms with E-state index in [0.717, 1.165) is 16.9 Å². The lowest BCUT2D eigenvalue weighted by atomic mass is 9.87. The lowest BCUT2D eigenvalue weighted by Gasteiger charge is -2.20. The van der Waals surface area contributed by atoms with E-state index in [1.54, 1.807) is 66.0 Å². The van der Waals surface area contributed by atoms with Gasteiger partial charge in [-0.25, -0.2) is 21.6 Å². The Hall–Kier alpha value is -2.00. The van der Waals surface area contributed by atoms with Crippen molar-refractivity contribution in [2.45, 2.75) is 40.5 Å². The van der Waals surface area contributed by atoms with Gasteiger partial charge >= 0.3 is 0 Å². The first-order chi connectivity index (χ1) is 14.0. The SMILES string of the molecule is CC(C)(C)c1ccc(S(=O)(=O)NC[C@@H](c2ccccc2)S(=O)(=O)c2cccs2)cc1. The van der Waals surface area contributed by atoms with Crippen molar-refractivity contribution in [1.29, 1.82) is 0 Å². The molecule has 160 valence electrons. The molecule has 0 aliphatic rings. The molecule has 0 amide bonds. The highest BCUT2D eigenvalue weighted by Gasteiger charge is 2.31. The fourth-order valence-electron chi connectivity index (χ4n) is 3.04. The number of hydrogen-bond acceptors (Lipinski definition) is 5. The van der Waals surface area contributed by atoms with Crippen LogP contribution in [0, 0.1) is 0 Å². The average Bonchev–Trinajstić information content (AvgIpc) is 3.24. The van der Waals surface area contributed by atoms with Gasteiger partial charge in [-0.15, -0.1) is 11.3 Å². The Labute approximate surface area is 182 Å². The van der Waals surface area contributed by atoms with Crippen LogP contribution in [0.25, 0.3) is 0 Å². The van der Waals surface area contributed by atoms with Crippen molar-refractivity contribution >= 4 is 31.2 Å². The molecule has 3 aromatic rings. The molecule has 0 saturated heterocycles. The third kappa shape index (κ3) is 5.00. The molecular formula is C22H25NO4S3. The van der Waals surface area contributed by atoms with E-state index in [2.05, 4.69) is 25.5 Å². The molecule has 0 aliphatic carbocycles. The maximum Gasteiger partial charge on any atom is 0.240 e. The van der Waals surface area contributed by atoms with E-state index in [0.29, 0.717) is 5.56 Å². The van der Waals surface area contributed by atoms with Crippen LogP contribution in [-0.2, 0) is 25.3 Å². The van der Waals surface area contributed by atoms with Crippen LogP contribution < -0.4 is 4.72 Å². The molecular weight excluding hydrogens is 438 g/mol. The zero-order valence-corrected chi connectivity index (χ0v) is 19.5. The predicted molar refractivity (Wildman–Crippen MR) is 121 cm³/mol. The van der Waals surface area contributed by atoms with Gasteiger partial charge in [0.05, 0.1) is 4.90 Å². The second-order valence-corrected chi connectivity index (χ2v) is 13.1. The third-order valence-electron chi connectivity index (χ3n) is 4.81. The molecule has 0 radical (unpaired) electrons. The summed E-state index contributed by atoms with van der Waals surface area (Å²) >= 11 is 1.12. The molecule has 0 aliphatic heterocycles. The van der Waals surface area contributed by atoms with Crippen molar-refractivity contribution in [3.63, 3.8) is 0 Å². The minimum absolute atomic E-state index is 0.0943. The van der Waals surface area contributed by atoms with Gasteiger partial charge in [0.25, 0.3) is 0 Å². The Bertz CT molecular complexity index is 1180. The van der Waals surface area contributed by atoms with E-state index in [9.17, 15) is 16.8 Å². The Morgan fingerprint density at radius 3 is 2.03 bits per heavy atom. The zero-order valence-electron chi connectivity index (χ0n) is 17.1. The monoisotopic (exact) mass is 463 g/mol. The van der Waals surface area contributed by atoms with Gasteiger partial charge in [-0.05, 0) is 40.1 Å². The minimum Gasteiger partial charge on any atom is -0.222 e. The first-order valence-electron chi connectivity index (χ1n) is 9.44. The molecule has 30 heavy (non-hydrogen) atoms. The first kappa shape index (κ1) is 22.7. The van der Waals surface area contributed by atoms with Crippen molar-refractivity contribution in [2.24, 2.45) is 0 Å². The number of thiophene rings is 1. The van der Waals surface area contributed by atoms with Crippen LogP contribution in [0.4, 0.5) is 0 Å². The van der Waals surface area contributed by atoms with Crippen molar-refractivity contribution in [3.8, 4) is 0 Å². The number of benzene rings is 2. The third-order valence-corrected chi connectivity index (χ3v) is 9.78. The van der Waals surface area contributed by atoms with E-state index < -0.39 is 25.1 Å². The standard InChI is InChI=1S/C22H25NO4S3/c1-22(2,3)18-11-13-19(14-12-18)30(26,27)23-16-20(17-8-5-4-6-9-17)29(24,25)21-10-7-15-28-21/h4-15,20,23H,16H2,1-3H3/t20-/m0/s1. The van der Waals surface area contributed by atoms with Gasteiger partial charge in [0.2, 0.25) is 10.0 Å². The van der Waals surface area contributed by atoms with Crippen LogP contribution in [-0.4, -0.2) is 23.4 Å². The molecule has 3 rings (SSSR count). The van der Waals surface area contributed by atoms with E-state index in [4.69, 9.17) is 0 Å². The molecule has 0 fully saturated rings. The Kier molecular flexibility index (Phi) is 6.52. The van der Waals surface area contributed by atoms with Gasteiger partial charge in [-0.1, -0.05) is 69.3 Å². The molecule has 0 saturated carbocycles. The van der Waals surface area contributed by atoms with Gasteiger partial charge < -0.3 is 0 Å². The summed E-state index contributed by atoms with van der Waals surface area (Å²) in [6.07, 6.45) is 0. The molecule has 0 unspecified atom stereocenters. The maximum atomic E-state index is 13.2. The first-order valence-corrected chi connectivity index (χ1v) is 13.4. The van der Waals surface area contributed by atoms with Crippen LogP contribution in [0.3, 0.4) is 0 Å². The largest absolute Gasteiger partial charge is 0.240 e. The number of rotatable bonds is 7. The van der Waals surface area contributed by atoms with E-state index >= 15 is 0 Å². The molecule has 1 atom stereocenters. The fourth-order valence-corrected chi connectivity index (χ4v) is 7.06. The molecule has 2 aromatic carbocycles. The van der Waals surface area contributed by atoms with Crippen LogP contribution in [0.15, 0.2) is 81.2 Å². The van der Waals surface area contributed by atoms with Gasteiger partial charge in [0.15, 0.2) is 9.84 Å². The van der Waals surface area contributed by atoms with Crippen molar-refractivity contribution < 1.29 is 16.8 Å². The van der Waals surface area contributed by atoms with Gasteiger partial charge in [0, 0.05) is 6.54 Å². The molecule has 1 heterocycles. The van der Waals surface area contributed by atoms with Crippen LogP contribution in [0.2, 0.25) is 0 Å². The predicted octanol–water partition coefficient (Wildman–Crippen LogP) is 4.54. The summed E-state index contributed by atoms with van der Waals surface area (Å²) in [5.41, 5.74) is 1.46. The molecule has 1 aromatic heterocycles. The fraction of sp³-hybridized carbons (Fsp3) is 0.273. The molecule has 5 nitrogen and oxygen atoms in total.